The molecule has 0 aromatic heterocycles. The highest BCUT2D eigenvalue weighted by atomic mass is 35.5. The van der Waals surface area contributed by atoms with E-state index < -0.39 is 11.9 Å². The van der Waals surface area contributed by atoms with Gasteiger partial charge in [0.05, 0.1) is 5.02 Å². The van der Waals surface area contributed by atoms with Crippen molar-refractivity contribution in [1.29, 1.82) is 0 Å². The molecular formula is C27H26Cl2N2O5. The summed E-state index contributed by atoms with van der Waals surface area (Å²) in [5.41, 5.74) is 3.19. The number of hydrogen-bond acceptors (Lipinski definition) is 5. The summed E-state index contributed by atoms with van der Waals surface area (Å²) in [5, 5.41) is 6.39. The van der Waals surface area contributed by atoms with Crippen molar-refractivity contribution in [2.75, 3.05) is 17.2 Å². The van der Waals surface area contributed by atoms with Gasteiger partial charge in [-0.25, -0.2) is 0 Å². The lowest BCUT2D eigenvalue weighted by Gasteiger charge is -2.10. The first kappa shape index (κ1) is 27.0. The lowest BCUT2D eigenvalue weighted by molar-refractivity contribution is -0.147. The molecule has 0 saturated heterocycles. The number of benzene rings is 3. The third-order valence-electron chi connectivity index (χ3n) is 5.08. The number of halogens is 2. The molecule has 3 rings (SSSR count). The van der Waals surface area contributed by atoms with Crippen molar-refractivity contribution in [3.8, 4) is 11.5 Å². The number of carbonyl (C=O) groups is 3. The summed E-state index contributed by atoms with van der Waals surface area (Å²) in [6.07, 6.45) is 0.445. The highest BCUT2D eigenvalue weighted by molar-refractivity contribution is 6.35. The number of rotatable bonds is 10. The molecular weight excluding hydrogens is 503 g/mol. The first-order valence-corrected chi connectivity index (χ1v) is 12.0. The highest BCUT2D eigenvalue weighted by Crippen LogP contribution is 2.32. The van der Waals surface area contributed by atoms with Gasteiger partial charge in [-0.1, -0.05) is 35.3 Å². The molecule has 2 amide bonds. The Morgan fingerprint density at radius 1 is 0.833 bits per heavy atom. The molecule has 7 nitrogen and oxygen atoms in total. The van der Waals surface area contributed by atoms with Crippen molar-refractivity contribution in [3.63, 3.8) is 0 Å². The standard InChI is InChI=1S/C27H26Cl2N2O5/c1-17-6-7-18(2)23(14-17)31-26(33)16-35-27(34)5-3-4-25(32)30-20-9-11-21(12-10-20)36-24-13-8-19(28)15-22(24)29/h6-15H,3-5,16H2,1-2H3,(H,30,32)(H,31,33). The van der Waals surface area contributed by atoms with E-state index in [9.17, 15) is 14.4 Å². The zero-order chi connectivity index (χ0) is 26.1. The Kier molecular flexibility index (Phi) is 9.73. The number of carbonyl (C=O) groups excluding carboxylic acids is 3. The molecule has 0 spiro atoms. The van der Waals surface area contributed by atoms with E-state index >= 15 is 0 Å². The summed E-state index contributed by atoms with van der Waals surface area (Å²) in [4.78, 5) is 36.2. The van der Waals surface area contributed by atoms with Crippen LogP contribution in [0.15, 0.2) is 60.7 Å². The Bertz CT molecular complexity index is 1250. The van der Waals surface area contributed by atoms with Crippen LogP contribution in [0.4, 0.5) is 11.4 Å². The van der Waals surface area contributed by atoms with Gasteiger partial charge in [0.2, 0.25) is 5.91 Å². The van der Waals surface area contributed by atoms with Gasteiger partial charge < -0.3 is 20.1 Å². The maximum atomic E-state index is 12.2. The molecule has 0 aliphatic carbocycles. The van der Waals surface area contributed by atoms with Gasteiger partial charge in [0.25, 0.3) is 5.91 Å². The average molecular weight is 529 g/mol. The zero-order valence-electron chi connectivity index (χ0n) is 19.9. The number of nitrogens with one attached hydrogen (secondary N) is 2. The van der Waals surface area contributed by atoms with Crippen molar-refractivity contribution in [3.05, 3.63) is 81.8 Å². The number of aryl methyl sites for hydroxylation is 2. The molecule has 2 N–H and O–H groups in total. The van der Waals surface area contributed by atoms with Gasteiger partial charge in [0, 0.05) is 29.2 Å². The Morgan fingerprint density at radius 3 is 2.31 bits per heavy atom. The smallest absolute Gasteiger partial charge is 0.306 e. The van der Waals surface area contributed by atoms with E-state index in [0.717, 1.165) is 11.1 Å². The van der Waals surface area contributed by atoms with Gasteiger partial charge in [0.1, 0.15) is 11.5 Å². The summed E-state index contributed by atoms with van der Waals surface area (Å²) in [6.45, 7) is 3.42. The molecule has 3 aromatic rings. The number of esters is 1. The molecule has 0 heterocycles. The van der Waals surface area contributed by atoms with Crippen LogP contribution < -0.4 is 15.4 Å². The Hall–Kier alpha value is -3.55. The van der Waals surface area contributed by atoms with Crippen LogP contribution in [-0.2, 0) is 19.1 Å². The number of ether oxygens (including phenoxy) is 2. The number of amides is 2. The van der Waals surface area contributed by atoms with Crippen LogP contribution in [0.3, 0.4) is 0 Å². The van der Waals surface area contributed by atoms with Gasteiger partial charge >= 0.3 is 5.97 Å². The fraction of sp³-hybridized carbons (Fsp3) is 0.222. The third-order valence-corrected chi connectivity index (χ3v) is 5.61. The summed E-state index contributed by atoms with van der Waals surface area (Å²) < 4.78 is 10.7. The molecule has 0 atom stereocenters. The Balaban J connectivity index is 1.35. The maximum absolute atomic E-state index is 12.2. The molecule has 188 valence electrons. The normalized spacial score (nSPS) is 10.4. The number of anilines is 2. The quantitative estimate of drug-likeness (QED) is 0.285. The van der Waals surface area contributed by atoms with E-state index in [0.29, 0.717) is 39.3 Å². The molecule has 0 unspecified atom stereocenters. The van der Waals surface area contributed by atoms with Gasteiger partial charge in [-0.2, -0.15) is 0 Å². The van der Waals surface area contributed by atoms with Crippen LogP contribution in [0.25, 0.3) is 0 Å². The maximum Gasteiger partial charge on any atom is 0.306 e. The highest BCUT2D eigenvalue weighted by Gasteiger charge is 2.11. The lowest BCUT2D eigenvalue weighted by Crippen LogP contribution is -2.21. The van der Waals surface area contributed by atoms with E-state index in [2.05, 4.69) is 10.6 Å². The molecule has 0 saturated carbocycles. The molecule has 0 radical (unpaired) electrons. The van der Waals surface area contributed by atoms with Crippen molar-refractivity contribution in [2.24, 2.45) is 0 Å². The Labute approximate surface area is 219 Å². The molecule has 0 bridgehead atoms. The first-order chi connectivity index (χ1) is 17.2. The lowest BCUT2D eigenvalue weighted by atomic mass is 10.1. The zero-order valence-corrected chi connectivity index (χ0v) is 21.4. The summed E-state index contributed by atoms with van der Waals surface area (Å²) in [6, 6.07) is 17.4. The van der Waals surface area contributed by atoms with E-state index in [4.69, 9.17) is 32.7 Å². The van der Waals surface area contributed by atoms with E-state index in [-0.39, 0.29) is 25.4 Å². The van der Waals surface area contributed by atoms with Crippen LogP contribution in [-0.4, -0.2) is 24.4 Å². The predicted octanol–water partition coefficient (Wildman–Crippen LogP) is 6.69. The second kappa shape index (κ2) is 13.0. The minimum Gasteiger partial charge on any atom is -0.456 e. The minimum atomic E-state index is -0.540. The topological polar surface area (TPSA) is 93.7 Å². The van der Waals surface area contributed by atoms with Crippen LogP contribution in [0, 0.1) is 13.8 Å². The van der Waals surface area contributed by atoms with Gasteiger partial charge in [0.15, 0.2) is 6.61 Å². The van der Waals surface area contributed by atoms with Gasteiger partial charge in [-0.05, 0) is 79.9 Å². The fourth-order valence-electron chi connectivity index (χ4n) is 3.18. The van der Waals surface area contributed by atoms with Crippen molar-refractivity contribution < 1.29 is 23.9 Å². The molecule has 0 fully saturated rings. The van der Waals surface area contributed by atoms with Crippen LogP contribution in [0.1, 0.15) is 30.4 Å². The molecule has 0 aliphatic heterocycles. The fourth-order valence-corrected chi connectivity index (χ4v) is 3.63. The van der Waals surface area contributed by atoms with Crippen LogP contribution in [0.2, 0.25) is 10.0 Å². The SMILES string of the molecule is Cc1ccc(C)c(NC(=O)COC(=O)CCCC(=O)Nc2ccc(Oc3ccc(Cl)cc3Cl)cc2)c1. The average Bonchev–Trinajstić information content (AvgIpc) is 2.83. The molecule has 3 aromatic carbocycles. The Morgan fingerprint density at radius 2 is 1.58 bits per heavy atom. The predicted molar refractivity (Wildman–Crippen MR) is 141 cm³/mol. The molecule has 9 heteroatoms. The number of hydrogen-bond donors (Lipinski definition) is 2. The van der Waals surface area contributed by atoms with Crippen molar-refractivity contribution in [1.82, 2.24) is 0 Å². The van der Waals surface area contributed by atoms with Crippen molar-refractivity contribution in [2.45, 2.75) is 33.1 Å². The third kappa shape index (κ3) is 8.59. The van der Waals surface area contributed by atoms with E-state index in [1.165, 1.54) is 0 Å². The van der Waals surface area contributed by atoms with Crippen molar-refractivity contribution >= 4 is 52.4 Å². The molecule has 0 aliphatic rings. The monoisotopic (exact) mass is 528 g/mol. The summed E-state index contributed by atoms with van der Waals surface area (Å²) in [7, 11) is 0. The van der Waals surface area contributed by atoms with Crippen LogP contribution in [0.5, 0.6) is 11.5 Å². The largest absolute Gasteiger partial charge is 0.456 e. The summed E-state index contributed by atoms with van der Waals surface area (Å²) >= 11 is 12.0. The summed E-state index contributed by atoms with van der Waals surface area (Å²) in [5.74, 6) is -0.194. The molecule has 36 heavy (non-hydrogen) atoms. The first-order valence-electron chi connectivity index (χ1n) is 11.2. The van der Waals surface area contributed by atoms with E-state index in [1.54, 1.807) is 42.5 Å². The van der Waals surface area contributed by atoms with Crippen LogP contribution >= 0.6 is 23.2 Å². The minimum absolute atomic E-state index is 0.0266. The van der Waals surface area contributed by atoms with Gasteiger partial charge in [-0.3, -0.25) is 14.4 Å². The van der Waals surface area contributed by atoms with E-state index in [1.807, 2.05) is 32.0 Å². The van der Waals surface area contributed by atoms with Gasteiger partial charge in [-0.15, -0.1) is 0 Å². The second-order valence-electron chi connectivity index (χ2n) is 8.13. The second-order valence-corrected chi connectivity index (χ2v) is 8.97.